The molecule has 0 aliphatic heterocycles. The van der Waals surface area contributed by atoms with Crippen molar-refractivity contribution < 1.29 is 14.3 Å². The van der Waals surface area contributed by atoms with Gasteiger partial charge < -0.3 is 14.0 Å². The summed E-state index contributed by atoms with van der Waals surface area (Å²) in [4.78, 5) is 18.0. The monoisotopic (exact) mass is 412 g/mol. The summed E-state index contributed by atoms with van der Waals surface area (Å²) in [5.41, 5.74) is 5.44. The predicted octanol–water partition coefficient (Wildman–Crippen LogP) is 4.34. The third kappa shape index (κ3) is 4.95. The average Bonchev–Trinajstić information content (AvgIpc) is 3.00. The number of thiazole rings is 1. The van der Waals surface area contributed by atoms with Gasteiger partial charge in [0.2, 0.25) is 0 Å². The summed E-state index contributed by atoms with van der Waals surface area (Å²) in [6.07, 6.45) is 0.211. The molecular formula is C23H28N2O3S. The zero-order valence-corrected chi connectivity index (χ0v) is 18.6. The van der Waals surface area contributed by atoms with Gasteiger partial charge in [-0.2, -0.15) is 4.99 Å². The van der Waals surface area contributed by atoms with E-state index in [2.05, 4.69) is 35.5 Å². The molecule has 2 aromatic carbocycles. The van der Waals surface area contributed by atoms with Crippen molar-refractivity contribution in [2.24, 2.45) is 4.99 Å². The lowest BCUT2D eigenvalue weighted by Crippen LogP contribution is -2.20. The van der Waals surface area contributed by atoms with Crippen LogP contribution in [0.1, 0.15) is 29.2 Å². The van der Waals surface area contributed by atoms with E-state index in [0.29, 0.717) is 30.3 Å². The van der Waals surface area contributed by atoms with E-state index in [1.165, 1.54) is 11.1 Å². The molecule has 0 spiro atoms. The minimum absolute atomic E-state index is 0.181. The highest BCUT2D eigenvalue weighted by atomic mass is 32.1. The molecule has 3 aromatic rings. The summed E-state index contributed by atoms with van der Waals surface area (Å²) >= 11 is 1.56. The van der Waals surface area contributed by atoms with Gasteiger partial charge >= 0.3 is 0 Å². The summed E-state index contributed by atoms with van der Waals surface area (Å²) in [6.45, 7) is 10.1. The fraction of sp³-hybridized carbons (Fsp3) is 0.391. The Labute approximate surface area is 175 Å². The van der Waals surface area contributed by atoms with Crippen molar-refractivity contribution in [3.8, 4) is 5.75 Å². The van der Waals surface area contributed by atoms with E-state index in [1.54, 1.807) is 18.4 Å². The van der Waals surface area contributed by atoms with Crippen molar-refractivity contribution in [3.63, 3.8) is 0 Å². The Morgan fingerprint density at radius 2 is 1.93 bits per heavy atom. The summed E-state index contributed by atoms with van der Waals surface area (Å²) in [5.74, 6) is 0.533. The standard InChI is InChI=1S/C23H28N2O3S/c1-6-28-10-9-25-19-13-16(3)11-17(4)22(19)29-23(25)24-21(26)14-18-12-15(2)7-8-20(18)27-5/h7-8,11-13H,6,9-10,14H2,1-5H3. The van der Waals surface area contributed by atoms with E-state index in [1.807, 2.05) is 32.0 Å². The molecule has 0 saturated carbocycles. The van der Waals surface area contributed by atoms with Gasteiger partial charge in [0.25, 0.3) is 5.91 Å². The molecule has 3 rings (SSSR count). The number of aromatic nitrogens is 1. The highest BCUT2D eigenvalue weighted by molar-refractivity contribution is 7.16. The maximum atomic E-state index is 12.8. The van der Waals surface area contributed by atoms with E-state index in [4.69, 9.17) is 9.47 Å². The number of carbonyl (C=O) groups excluding carboxylic acids is 1. The fourth-order valence-electron chi connectivity index (χ4n) is 3.47. The Balaban J connectivity index is 2.02. The second-order valence-corrected chi connectivity index (χ2v) is 8.14. The molecule has 29 heavy (non-hydrogen) atoms. The number of methoxy groups -OCH3 is 1. The van der Waals surface area contributed by atoms with E-state index in [9.17, 15) is 4.79 Å². The number of fused-ring (bicyclic) bond motifs is 1. The van der Waals surface area contributed by atoms with Gasteiger partial charge in [-0.15, -0.1) is 0 Å². The van der Waals surface area contributed by atoms with Crippen molar-refractivity contribution in [2.45, 2.75) is 40.7 Å². The van der Waals surface area contributed by atoms with Crippen LogP contribution >= 0.6 is 11.3 Å². The topological polar surface area (TPSA) is 52.8 Å². The second-order valence-electron chi connectivity index (χ2n) is 7.16. The van der Waals surface area contributed by atoms with Gasteiger partial charge in [-0.3, -0.25) is 4.79 Å². The maximum absolute atomic E-state index is 12.8. The van der Waals surface area contributed by atoms with Gasteiger partial charge in [-0.1, -0.05) is 35.1 Å². The molecule has 0 aliphatic rings. The molecule has 0 aliphatic carbocycles. The Bertz CT molecular complexity index is 1100. The van der Waals surface area contributed by atoms with E-state index < -0.39 is 0 Å². The zero-order valence-electron chi connectivity index (χ0n) is 17.7. The first-order chi connectivity index (χ1) is 13.9. The Kier molecular flexibility index (Phi) is 6.87. The molecule has 0 fully saturated rings. The molecule has 1 aromatic heterocycles. The number of benzene rings is 2. The number of rotatable bonds is 7. The van der Waals surface area contributed by atoms with Crippen molar-refractivity contribution in [1.29, 1.82) is 0 Å². The fourth-order valence-corrected chi connectivity index (χ4v) is 4.59. The number of carbonyl (C=O) groups is 1. The van der Waals surface area contributed by atoms with Crippen LogP contribution in [0.5, 0.6) is 5.75 Å². The number of nitrogens with zero attached hydrogens (tertiary/aromatic N) is 2. The van der Waals surface area contributed by atoms with Crippen LogP contribution in [0.15, 0.2) is 35.3 Å². The van der Waals surface area contributed by atoms with Crippen molar-refractivity contribution in [1.82, 2.24) is 4.57 Å². The zero-order chi connectivity index (χ0) is 21.0. The molecule has 5 nitrogen and oxygen atoms in total. The van der Waals surface area contributed by atoms with E-state index in [-0.39, 0.29) is 12.3 Å². The van der Waals surface area contributed by atoms with Crippen LogP contribution in [0.2, 0.25) is 0 Å². The van der Waals surface area contributed by atoms with Crippen molar-refractivity contribution in [3.05, 3.63) is 57.4 Å². The average molecular weight is 413 g/mol. The lowest BCUT2D eigenvalue weighted by Gasteiger charge is -2.08. The molecule has 0 unspecified atom stereocenters. The van der Waals surface area contributed by atoms with Crippen LogP contribution in [-0.4, -0.2) is 30.8 Å². The first-order valence-corrected chi connectivity index (χ1v) is 10.6. The SMILES string of the molecule is CCOCCn1c(=NC(=O)Cc2cc(C)ccc2OC)sc2c(C)cc(C)cc21. The summed E-state index contributed by atoms with van der Waals surface area (Å²) in [5, 5.41) is 0. The third-order valence-corrected chi connectivity index (χ3v) is 6.01. The third-order valence-electron chi connectivity index (χ3n) is 4.78. The van der Waals surface area contributed by atoms with Gasteiger partial charge in [-0.25, -0.2) is 0 Å². The van der Waals surface area contributed by atoms with Crippen LogP contribution in [0.4, 0.5) is 0 Å². The van der Waals surface area contributed by atoms with Gasteiger partial charge in [0.05, 0.1) is 30.4 Å². The number of hydrogen-bond acceptors (Lipinski definition) is 4. The molecule has 0 atom stereocenters. The molecule has 1 heterocycles. The minimum atomic E-state index is -0.181. The summed E-state index contributed by atoms with van der Waals surface area (Å²) in [6, 6.07) is 10.2. The Morgan fingerprint density at radius 3 is 2.66 bits per heavy atom. The minimum Gasteiger partial charge on any atom is -0.496 e. The van der Waals surface area contributed by atoms with Crippen LogP contribution in [-0.2, 0) is 22.5 Å². The molecule has 1 amide bonds. The first-order valence-electron chi connectivity index (χ1n) is 9.82. The van der Waals surface area contributed by atoms with Gasteiger partial charge in [0.1, 0.15) is 5.75 Å². The van der Waals surface area contributed by atoms with Crippen LogP contribution in [0.3, 0.4) is 0 Å². The molecule has 6 heteroatoms. The normalized spacial score (nSPS) is 12.0. The molecular weight excluding hydrogens is 384 g/mol. The molecule has 0 saturated heterocycles. The number of hydrogen-bond donors (Lipinski definition) is 0. The van der Waals surface area contributed by atoms with E-state index in [0.717, 1.165) is 21.3 Å². The highest BCUT2D eigenvalue weighted by Gasteiger charge is 2.13. The van der Waals surface area contributed by atoms with Crippen LogP contribution in [0.25, 0.3) is 10.2 Å². The van der Waals surface area contributed by atoms with Gasteiger partial charge in [-0.05, 0) is 51.0 Å². The molecule has 0 radical (unpaired) electrons. The maximum Gasteiger partial charge on any atom is 0.252 e. The van der Waals surface area contributed by atoms with Gasteiger partial charge in [0, 0.05) is 18.7 Å². The summed E-state index contributed by atoms with van der Waals surface area (Å²) in [7, 11) is 1.62. The largest absolute Gasteiger partial charge is 0.496 e. The second kappa shape index (κ2) is 9.37. The van der Waals surface area contributed by atoms with Crippen molar-refractivity contribution >= 4 is 27.5 Å². The van der Waals surface area contributed by atoms with Crippen LogP contribution < -0.4 is 9.54 Å². The molecule has 154 valence electrons. The quantitative estimate of drug-likeness (QED) is 0.542. The first kappa shape index (κ1) is 21.3. The number of ether oxygens (including phenoxy) is 2. The molecule has 0 bridgehead atoms. The Hall–Kier alpha value is -2.44. The number of aryl methyl sites for hydroxylation is 3. The smallest absolute Gasteiger partial charge is 0.252 e. The molecule has 0 N–H and O–H groups in total. The number of amides is 1. The predicted molar refractivity (Wildman–Crippen MR) is 118 cm³/mol. The van der Waals surface area contributed by atoms with E-state index >= 15 is 0 Å². The van der Waals surface area contributed by atoms with Crippen LogP contribution in [0, 0.1) is 20.8 Å². The highest BCUT2D eigenvalue weighted by Crippen LogP contribution is 2.24. The summed E-state index contributed by atoms with van der Waals surface area (Å²) < 4.78 is 14.2. The lowest BCUT2D eigenvalue weighted by molar-refractivity contribution is -0.117. The Morgan fingerprint density at radius 1 is 1.14 bits per heavy atom. The van der Waals surface area contributed by atoms with Crippen molar-refractivity contribution in [2.75, 3.05) is 20.3 Å². The lowest BCUT2D eigenvalue weighted by atomic mass is 10.1. The van der Waals surface area contributed by atoms with Gasteiger partial charge in [0.15, 0.2) is 4.80 Å².